The van der Waals surface area contributed by atoms with Crippen molar-refractivity contribution in [2.45, 2.75) is 163 Å². The lowest BCUT2D eigenvalue weighted by molar-refractivity contribution is 0.0757. The van der Waals surface area contributed by atoms with Gasteiger partial charge < -0.3 is 42.6 Å². The Balaban J connectivity index is 1.16. The number of hydrogen-bond acceptors (Lipinski definition) is 9. The van der Waals surface area contributed by atoms with E-state index in [4.69, 9.17) is 42.6 Å². The molecule has 0 radical (unpaired) electrons. The van der Waals surface area contributed by atoms with Crippen molar-refractivity contribution in [2.75, 3.05) is 74.2 Å². The van der Waals surface area contributed by atoms with Gasteiger partial charge in [-0.15, -0.1) is 0 Å². The molecule has 0 N–H and O–H groups in total. The summed E-state index contributed by atoms with van der Waals surface area (Å²) in [5.41, 5.74) is 17.7. The van der Waals surface area contributed by atoms with E-state index in [0.717, 1.165) is 129 Å². The van der Waals surface area contributed by atoms with Crippen molar-refractivity contribution in [3.05, 3.63) is 217 Å². The largest absolute Gasteiger partial charge is 0.496 e. The average molecular weight is 1280 g/mol. The monoisotopic (exact) mass is 1280 g/mol. The molecule has 9 aromatic carbocycles. The van der Waals surface area contributed by atoms with Gasteiger partial charge in [-0.1, -0.05) is 225 Å². The van der Waals surface area contributed by atoms with Crippen molar-refractivity contribution < 1.29 is 42.6 Å². The molecule has 0 aromatic heterocycles. The number of methoxy groups -OCH3 is 3. The van der Waals surface area contributed by atoms with E-state index >= 15 is 0 Å². The van der Waals surface area contributed by atoms with Gasteiger partial charge in [-0.2, -0.15) is 0 Å². The lowest BCUT2D eigenvalue weighted by atomic mass is 9.79. The first-order valence-electron chi connectivity index (χ1n) is 34.2. The minimum Gasteiger partial charge on any atom is -0.496 e. The average Bonchev–Trinajstić information content (AvgIpc) is 0.770. The maximum Gasteiger partial charge on any atom is 0.128 e. The standard InChI is InChI=1S/C86H102O9/c1-82(2,3)66-44-56-39-57-45-67(83(4,5)6)47-59(78(57)88-17)41-63-51-70(86(13,14)15)53-65-43-61-49-68(84(7,8)9)48-60(79(61)89-18)42-64-52-69(85(10,11)12)50-62(40-58(46-66)77(56)87-16)80(64)94-37-33-90-31-35-92-73-29-27-54-23-19-21-25-71(54)75(73)76-72-26-22-20-24-55(72)28-30-74(76)93-36-32-91-34-38-95-81(63)65/h19-30,44-53H,31-43H2,1-18H3. The van der Waals surface area contributed by atoms with Crippen LogP contribution in [-0.2, 0) is 68.7 Å². The number of ether oxygens (including phenoxy) is 9. The van der Waals surface area contributed by atoms with Crippen molar-refractivity contribution in [1.29, 1.82) is 0 Å². The van der Waals surface area contributed by atoms with Crippen molar-refractivity contribution in [3.63, 3.8) is 0 Å². The van der Waals surface area contributed by atoms with Crippen molar-refractivity contribution in [1.82, 2.24) is 0 Å². The second kappa shape index (κ2) is 27.6. The third-order valence-electron chi connectivity index (χ3n) is 19.0. The molecule has 0 amide bonds. The molecule has 11 rings (SSSR count). The normalized spacial score (nSPS) is 15.0. The lowest BCUT2D eigenvalue weighted by Crippen LogP contribution is -2.18. The Kier molecular flexibility index (Phi) is 19.9. The van der Waals surface area contributed by atoms with Crippen LogP contribution in [0.4, 0.5) is 0 Å². The predicted octanol–water partition coefficient (Wildman–Crippen LogP) is 19.7. The first-order chi connectivity index (χ1) is 45.1. The summed E-state index contributed by atoms with van der Waals surface area (Å²) < 4.78 is 61.7. The number of fused-ring (bicyclic) bond motifs is 11. The molecule has 0 saturated heterocycles. The zero-order valence-electron chi connectivity index (χ0n) is 60.1. The van der Waals surface area contributed by atoms with Gasteiger partial charge in [0.25, 0.3) is 0 Å². The highest BCUT2D eigenvalue weighted by atomic mass is 16.6. The second-order valence-corrected chi connectivity index (χ2v) is 31.3. The maximum absolute atomic E-state index is 7.33. The van der Waals surface area contributed by atoms with E-state index < -0.39 is 0 Å². The van der Waals surface area contributed by atoms with E-state index in [2.05, 4.69) is 237 Å². The molecule has 1 aliphatic heterocycles. The van der Waals surface area contributed by atoms with Crippen molar-refractivity contribution in [2.24, 2.45) is 0 Å². The Morgan fingerprint density at radius 2 is 0.516 bits per heavy atom. The highest BCUT2D eigenvalue weighted by Gasteiger charge is 2.31. The summed E-state index contributed by atoms with van der Waals surface area (Å²) in [4.78, 5) is 0. The third-order valence-corrected chi connectivity index (χ3v) is 19.0. The third kappa shape index (κ3) is 15.2. The van der Waals surface area contributed by atoms with Crippen LogP contribution in [-0.4, -0.2) is 74.2 Å². The van der Waals surface area contributed by atoms with Gasteiger partial charge in [-0.05, 0) is 144 Å². The van der Waals surface area contributed by atoms with Crippen molar-refractivity contribution in [3.8, 4) is 51.4 Å². The van der Waals surface area contributed by atoms with Crippen LogP contribution in [0, 0.1) is 0 Å². The highest BCUT2D eigenvalue weighted by Crippen LogP contribution is 2.48. The van der Waals surface area contributed by atoms with Crippen molar-refractivity contribution >= 4 is 21.5 Å². The molecule has 0 unspecified atom stereocenters. The summed E-state index contributed by atoms with van der Waals surface area (Å²) in [5.74, 6) is 5.71. The predicted molar refractivity (Wildman–Crippen MR) is 390 cm³/mol. The smallest absolute Gasteiger partial charge is 0.128 e. The molecule has 2 aliphatic rings. The summed E-state index contributed by atoms with van der Waals surface area (Å²) in [5, 5.41) is 4.34. The van der Waals surface area contributed by atoms with E-state index in [1.165, 1.54) is 27.8 Å². The van der Waals surface area contributed by atoms with Crippen LogP contribution in [0.3, 0.4) is 0 Å². The van der Waals surface area contributed by atoms with E-state index in [-0.39, 0.29) is 27.1 Å². The summed E-state index contributed by atoms with van der Waals surface area (Å²) in [6.45, 7) is 37.1. The Morgan fingerprint density at radius 3 is 0.779 bits per heavy atom. The molecule has 95 heavy (non-hydrogen) atoms. The van der Waals surface area contributed by atoms with Gasteiger partial charge in [0.1, 0.15) is 66.7 Å². The fourth-order valence-electron chi connectivity index (χ4n) is 13.7. The van der Waals surface area contributed by atoms with Crippen LogP contribution in [0.2, 0.25) is 0 Å². The summed E-state index contributed by atoms with van der Waals surface area (Å²) in [6.07, 6.45) is 2.75. The summed E-state index contributed by atoms with van der Waals surface area (Å²) in [6, 6.07) is 49.1. The van der Waals surface area contributed by atoms with Gasteiger partial charge >= 0.3 is 0 Å². The minimum absolute atomic E-state index is 0.201. The van der Waals surface area contributed by atoms with Crippen LogP contribution in [0.25, 0.3) is 32.7 Å². The van der Waals surface area contributed by atoms with E-state index in [1.807, 2.05) is 21.3 Å². The zero-order chi connectivity index (χ0) is 67.8. The molecule has 500 valence electrons. The molecule has 0 spiro atoms. The molecule has 1 aliphatic carbocycles. The molecule has 9 nitrogen and oxygen atoms in total. The van der Waals surface area contributed by atoms with E-state index in [0.29, 0.717) is 85.0 Å². The number of rotatable bonds is 3. The SMILES string of the molecule is COc1c2cc(C(C)(C)C)cc1Cc1cc(C(C)(C)C)cc3c1OCCOCCOc1ccc4ccccc4c1-c1c(ccc4ccccc14)OCCOCCOc1c(cc(C(C)(C)C)cc1Cc1cc(C(C)(C)C)cc(c1OC)C3)Cc1cc(C(C)(C)C)cc(c1OC)C2. The summed E-state index contributed by atoms with van der Waals surface area (Å²) in [7, 11) is 5.47. The van der Waals surface area contributed by atoms with Gasteiger partial charge in [-0.25, -0.2) is 0 Å². The summed E-state index contributed by atoms with van der Waals surface area (Å²) >= 11 is 0. The Bertz CT molecular complexity index is 4000. The molecule has 1 heterocycles. The highest BCUT2D eigenvalue weighted by molar-refractivity contribution is 6.09. The van der Waals surface area contributed by atoms with Crippen LogP contribution in [0.5, 0.6) is 40.2 Å². The Morgan fingerprint density at radius 1 is 0.274 bits per heavy atom. The zero-order valence-corrected chi connectivity index (χ0v) is 60.1. The number of benzene rings is 9. The first kappa shape index (κ1) is 68.4. The second-order valence-electron chi connectivity index (χ2n) is 31.3. The fraction of sp³-hybridized carbons (Fsp3) is 0.419. The van der Waals surface area contributed by atoms with Crippen LogP contribution in [0.1, 0.15) is 187 Å². The molecule has 0 atom stereocenters. The van der Waals surface area contributed by atoms with Gasteiger partial charge in [-0.3, -0.25) is 0 Å². The quantitative estimate of drug-likeness (QED) is 0.172. The Hall–Kier alpha value is -7.98. The molecule has 0 fully saturated rings. The minimum atomic E-state index is -0.224. The van der Waals surface area contributed by atoms with Gasteiger partial charge in [0, 0.05) is 43.2 Å². The molecular formula is C86H102O9. The van der Waals surface area contributed by atoms with Gasteiger partial charge in [0.2, 0.25) is 0 Å². The first-order valence-corrected chi connectivity index (χ1v) is 34.2. The van der Waals surface area contributed by atoms with Gasteiger partial charge in [0.05, 0.1) is 47.8 Å². The van der Waals surface area contributed by atoms with Crippen LogP contribution in [0.15, 0.2) is 133 Å². The van der Waals surface area contributed by atoms with E-state index in [9.17, 15) is 0 Å². The molecule has 9 aromatic rings. The maximum atomic E-state index is 7.33. The van der Waals surface area contributed by atoms with Crippen LogP contribution < -0.4 is 33.2 Å². The van der Waals surface area contributed by atoms with Gasteiger partial charge in [0.15, 0.2) is 0 Å². The van der Waals surface area contributed by atoms with Crippen LogP contribution >= 0.6 is 0 Å². The van der Waals surface area contributed by atoms with E-state index in [1.54, 1.807) is 0 Å². The molecular weight excluding hydrogens is 1180 g/mol. The fourth-order valence-corrected chi connectivity index (χ4v) is 13.7. The topological polar surface area (TPSA) is 83.1 Å². The molecule has 12 bridgehead atoms. The molecule has 0 saturated carbocycles. The lowest BCUT2D eigenvalue weighted by Gasteiger charge is -2.29. The Labute approximate surface area is 566 Å². The molecule has 9 heteroatoms. The number of hydrogen-bond donors (Lipinski definition) is 0.